The van der Waals surface area contributed by atoms with E-state index in [1.165, 1.54) is 12.8 Å². The lowest BCUT2D eigenvalue weighted by molar-refractivity contribution is -0.145. The third kappa shape index (κ3) is 5.33. The van der Waals surface area contributed by atoms with Crippen molar-refractivity contribution in [3.05, 3.63) is 65.7 Å². The summed E-state index contributed by atoms with van der Waals surface area (Å²) in [5, 5.41) is 3.34. The summed E-state index contributed by atoms with van der Waals surface area (Å²) in [6.45, 7) is 3.60. The molecule has 2 aromatic carbocycles. The zero-order valence-electron chi connectivity index (χ0n) is 14.6. The number of benzene rings is 2. The second kappa shape index (κ2) is 8.67. The third-order valence-corrected chi connectivity index (χ3v) is 4.29. The molecule has 0 radical (unpaired) electrons. The van der Waals surface area contributed by atoms with E-state index in [1.807, 2.05) is 61.5 Å². The molecule has 0 amide bonds. The highest BCUT2D eigenvalue weighted by atomic mass is 16.5. The van der Waals surface area contributed by atoms with Gasteiger partial charge in [0, 0.05) is 0 Å². The Morgan fingerprint density at radius 3 is 2.48 bits per heavy atom. The molecule has 0 aromatic heterocycles. The quantitative estimate of drug-likeness (QED) is 0.705. The highest BCUT2D eigenvalue weighted by Gasteiger charge is 2.26. The minimum absolute atomic E-state index is 0.221. The second-order valence-corrected chi connectivity index (χ2v) is 6.38. The summed E-state index contributed by atoms with van der Waals surface area (Å²) in [4.78, 5) is 12.3. The van der Waals surface area contributed by atoms with Crippen LogP contribution in [0.15, 0.2) is 54.6 Å². The highest BCUT2D eigenvalue weighted by Crippen LogP contribution is 2.29. The second-order valence-electron chi connectivity index (χ2n) is 6.38. The fourth-order valence-corrected chi connectivity index (χ4v) is 2.67. The first kappa shape index (κ1) is 17.5. The van der Waals surface area contributed by atoms with Crippen LogP contribution in [0.25, 0.3) is 0 Å². The lowest BCUT2D eigenvalue weighted by Gasteiger charge is -2.18. The maximum absolute atomic E-state index is 12.3. The van der Waals surface area contributed by atoms with E-state index in [2.05, 4.69) is 5.32 Å². The van der Waals surface area contributed by atoms with Crippen LogP contribution in [0.4, 0.5) is 0 Å². The number of hydrogen-bond acceptors (Lipinski definition) is 4. The van der Waals surface area contributed by atoms with Crippen molar-refractivity contribution in [3.8, 4) is 5.75 Å². The topological polar surface area (TPSA) is 47.6 Å². The summed E-state index contributed by atoms with van der Waals surface area (Å²) in [6.07, 6.45) is 2.49. The summed E-state index contributed by atoms with van der Waals surface area (Å²) < 4.78 is 11.0. The van der Waals surface area contributed by atoms with Gasteiger partial charge < -0.3 is 14.8 Å². The molecule has 0 saturated heterocycles. The number of ether oxygens (including phenoxy) is 2. The molecular weight excluding hydrogens is 314 g/mol. The number of nitrogens with one attached hydrogen (secondary N) is 1. The van der Waals surface area contributed by atoms with Gasteiger partial charge in [-0.1, -0.05) is 42.5 Å². The molecule has 2 aromatic rings. The molecule has 4 heteroatoms. The van der Waals surface area contributed by atoms with Crippen LogP contribution in [0, 0.1) is 5.92 Å². The van der Waals surface area contributed by atoms with Gasteiger partial charge in [-0.05, 0) is 55.5 Å². The number of rotatable bonds is 9. The molecule has 132 valence electrons. The van der Waals surface area contributed by atoms with E-state index in [1.54, 1.807) is 0 Å². The fourth-order valence-electron chi connectivity index (χ4n) is 2.67. The van der Waals surface area contributed by atoms with E-state index in [9.17, 15) is 4.79 Å². The molecule has 1 fully saturated rings. The molecule has 0 aliphatic heterocycles. The standard InChI is InChI=1S/C21H25NO3/c1-2-24-21(23)20(22-14-16-8-9-16)18-10-12-19(13-11-18)25-15-17-6-4-3-5-7-17/h3-7,10-13,16,20,22H,2,8-9,14-15H2,1H3. The summed E-state index contributed by atoms with van der Waals surface area (Å²) in [7, 11) is 0. The molecule has 0 spiro atoms. The van der Waals surface area contributed by atoms with E-state index >= 15 is 0 Å². The Hall–Kier alpha value is -2.33. The Kier molecular flexibility index (Phi) is 6.07. The summed E-state index contributed by atoms with van der Waals surface area (Å²) in [5.41, 5.74) is 2.04. The minimum Gasteiger partial charge on any atom is -0.489 e. The van der Waals surface area contributed by atoms with Crippen LogP contribution in [0.1, 0.15) is 36.9 Å². The van der Waals surface area contributed by atoms with Crippen LogP contribution in [0.3, 0.4) is 0 Å². The Labute approximate surface area is 149 Å². The Bertz CT molecular complexity index is 665. The first-order valence-corrected chi connectivity index (χ1v) is 8.93. The van der Waals surface area contributed by atoms with Gasteiger partial charge in [0.15, 0.2) is 0 Å². The highest BCUT2D eigenvalue weighted by molar-refractivity contribution is 5.77. The normalized spacial score (nSPS) is 14.8. The average Bonchev–Trinajstić information content (AvgIpc) is 3.47. The maximum atomic E-state index is 12.3. The number of carbonyl (C=O) groups excluding carboxylic acids is 1. The molecule has 1 saturated carbocycles. The van der Waals surface area contributed by atoms with Crippen molar-refractivity contribution in [3.63, 3.8) is 0 Å². The zero-order chi connectivity index (χ0) is 17.5. The molecule has 1 aliphatic carbocycles. The molecular formula is C21H25NO3. The van der Waals surface area contributed by atoms with Crippen LogP contribution >= 0.6 is 0 Å². The van der Waals surface area contributed by atoms with Crippen LogP contribution in [0.5, 0.6) is 5.75 Å². The Morgan fingerprint density at radius 1 is 1.12 bits per heavy atom. The van der Waals surface area contributed by atoms with Crippen molar-refractivity contribution in [1.82, 2.24) is 5.32 Å². The maximum Gasteiger partial charge on any atom is 0.327 e. The molecule has 1 atom stereocenters. The van der Waals surface area contributed by atoms with Gasteiger partial charge in [-0.15, -0.1) is 0 Å². The summed E-state index contributed by atoms with van der Waals surface area (Å²) >= 11 is 0. The van der Waals surface area contributed by atoms with E-state index in [4.69, 9.17) is 9.47 Å². The molecule has 3 rings (SSSR count). The van der Waals surface area contributed by atoms with E-state index in [0.29, 0.717) is 19.1 Å². The van der Waals surface area contributed by atoms with Crippen LogP contribution in [0.2, 0.25) is 0 Å². The number of esters is 1. The predicted molar refractivity (Wildman–Crippen MR) is 97.3 cm³/mol. The van der Waals surface area contributed by atoms with Crippen molar-refractivity contribution in [1.29, 1.82) is 0 Å². The number of carbonyl (C=O) groups is 1. The van der Waals surface area contributed by atoms with Crippen molar-refractivity contribution in [2.75, 3.05) is 13.2 Å². The predicted octanol–water partition coefficient (Wildman–Crippen LogP) is 3.87. The lowest BCUT2D eigenvalue weighted by Crippen LogP contribution is -2.31. The van der Waals surface area contributed by atoms with Gasteiger partial charge in [-0.3, -0.25) is 0 Å². The van der Waals surface area contributed by atoms with Gasteiger partial charge in [-0.2, -0.15) is 0 Å². The SMILES string of the molecule is CCOC(=O)C(NCC1CC1)c1ccc(OCc2ccccc2)cc1. The number of hydrogen-bond donors (Lipinski definition) is 1. The van der Waals surface area contributed by atoms with Crippen molar-refractivity contribution < 1.29 is 14.3 Å². The minimum atomic E-state index is -0.413. The fraction of sp³-hybridized carbons (Fsp3) is 0.381. The van der Waals surface area contributed by atoms with Crippen LogP contribution in [-0.4, -0.2) is 19.1 Å². The van der Waals surface area contributed by atoms with Gasteiger partial charge in [0.2, 0.25) is 0 Å². The summed E-state index contributed by atoms with van der Waals surface area (Å²) in [6, 6.07) is 17.3. The third-order valence-electron chi connectivity index (χ3n) is 4.29. The van der Waals surface area contributed by atoms with Gasteiger partial charge >= 0.3 is 5.97 Å². The lowest BCUT2D eigenvalue weighted by atomic mass is 10.1. The molecule has 1 unspecified atom stereocenters. The first-order chi connectivity index (χ1) is 12.3. The first-order valence-electron chi connectivity index (χ1n) is 8.93. The smallest absolute Gasteiger partial charge is 0.327 e. The van der Waals surface area contributed by atoms with Crippen molar-refractivity contribution >= 4 is 5.97 Å². The Morgan fingerprint density at radius 2 is 1.84 bits per heavy atom. The van der Waals surface area contributed by atoms with E-state index < -0.39 is 6.04 Å². The monoisotopic (exact) mass is 339 g/mol. The molecule has 0 bridgehead atoms. The average molecular weight is 339 g/mol. The van der Waals surface area contributed by atoms with Gasteiger partial charge in [0.05, 0.1) is 6.61 Å². The molecule has 1 aliphatic rings. The van der Waals surface area contributed by atoms with Gasteiger partial charge in [0.1, 0.15) is 18.4 Å². The molecule has 0 heterocycles. The van der Waals surface area contributed by atoms with E-state index in [0.717, 1.165) is 23.4 Å². The molecule has 25 heavy (non-hydrogen) atoms. The van der Waals surface area contributed by atoms with Crippen molar-refractivity contribution in [2.24, 2.45) is 5.92 Å². The zero-order valence-corrected chi connectivity index (χ0v) is 14.6. The van der Waals surface area contributed by atoms with Crippen LogP contribution in [-0.2, 0) is 16.1 Å². The van der Waals surface area contributed by atoms with Gasteiger partial charge in [0.25, 0.3) is 0 Å². The van der Waals surface area contributed by atoms with Crippen molar-refractivity contribution in [2.45, 2.75) is 32.4 Å². The molecule has 4 nitrogen and oxygen atoms in total. The largest absolute Gasteiger partial charge is 0.489 e. The van der Waals surface area contributed by atoms with Crippen LogP contribution < -0.4 is 10.1 Å². The van der Waals surface area contributed by atoms with E-state index in [-0.39, 0.29) is 5.97 Å². The molecule has 1 N–H and O–H groups in total. The summed E-state index contributed by atoms with van der Waals surface area (Å²) in [5.74, 6) is 1.27. The Balaban J connectivity index is 1.61. The van der Waals surface area contributed by atoms with Gasteiger partial charge in [-0.25, -0.2) is 4.79 Å².